The van der Waals surface area contributed by atoms with Gasteiger partial charge in [0.2, 0.25) is 5.91 Å². The highest BCUT2D eigenvalue weighted by molar-refractivity contribution is 9.10. The topological polar surface area (TPSA) is 78.1 Å². The van der Waals surface area contributed by atoms with Crippen molar-refractivity contribution in [3.8, 4) is 6.07 Å². The largest absolute Gasteiger partial charge is 0.347 e. The molecule has 1 aliphatic rings. The average molecular weight is 465 g/mol. The van der Waals surface area contributed by atoms with Gasteiger partial charge in [0.05, 0.1) is 24.7 Å². The number of nitriles is 1. The first-order valence-electron chi connectivity index (χ1n) is 8.95. The minimum Gasteiger partial charge on any atom is -0.347 e. The summed E-state index contributed by atoms with van der Waals surface area (Å²) in [5.74, 6) is -4.26. The summed E-state index contributed by atoms with van der Waals surface area (Å²) >= 11 is 3.39. The Kier molecular flexibility index (Phi) is 6.03. The second-order valence-corrected chi connectivity index (χ2v) is 7.95. The summed E-state index contributed by atoms with van der Waals surface area (Å²) < 4.78 is 29.8. The molecule has 0 aliphatic carbocycles. The first kappa shape index (κ1) is 21.0. The fourth-order valence-electron chi connectivity index (χ4n) is 3.25. The number of hydrogen-bond acceptors (Lipinski definition) is 3. The molecule has 1 atom stereocenters. The number of aryl methyl sites for hydroxylation is 1. The van der Waals surface area contributed by atoms with Crippen LogP contribution in [-0.2, 0) is 11.3 Å². The Labute approximate surface area is 175 Å². The van der Waals surface area contributed by atoms with Crippen molar-refractivity contribution >= 4 is 27.7 Å². The Morgan fingerprint density at radius 1 is 1.34 bits per heavy atom. The number of carbonyl (C=O) groups excluding carboxylic acids is 2. The number of rotatable bonds is 5. The molecule has 2 amide bonds. The molecule has 0 saturated carbocycles. The third-order valence-corrected chi connectivity index (χ3v) is 5.31. The van der Waals surface area contributed by atoms with Crippen molar-refractivity contribution in [2.45, 2.75) is 31.9 Å². The number of amides is 2. The second-order valence-electron chi connectivity index (χ2n) is 7.03. The quantitative estimate of drug-likeness (QED) is 0.738. The summed E-state index contributed by atoms with van der Waals surface area (Å²) in [6.07, 6.45) is 1.00. The smallest absolute Gasteiger partial charge is 0.268 e. The van der Waals surface area contributed by atoms with Crippen LogP contribution in [0.25, 0.3) is 0 Å². The van der Waals surface area contributed by atoms with Crippen LogP contribution in [0.3, 0.4) is 0 Å². The van der Waals surface area contributed by atoms with Crippen LogP contribution in [0, 0.1) is 18.3 Å². The van der Waals surface area contributed by atoms with Crippen molar-refractivity contribution in [1.82, 2.24) is 14.8 Å². The summed E-state index contributed by atoms with van der Waals surface area (Å²) in [6, 6.07) is 10.0. The Morgan fingerprint density at radius 2 is 2.03 bits per heavy atom. The van der Waals surface area contributed by atoms with Gasteiger partial charge in [-0.05, 0) is 30.7 Å². The molecule has 2 heterocycles. The van der Waals surface area contributed by atoms with Crippen LogP contribution < -0.4 is 5.32 Å². The zero-order valence-electron chi connectivity index (χ0n) is 15.7. The maximum absolute atomic E-state index is 13.5. The molecule has 0 radical (unpaired) electrons. The van der Waals surface area contributed by atoms with Crippen molar-refractivity contribution < 1.29 is 18.4 Å². The van der Waals surface area contributed by atoms with Gasteiger partial charge in [0.25, 0.3) is 11.8 Å². The molecule has 9 heteroatoms. The number of alkyl halides is 2. The van der Waals surface area contributed by atoms with E-state index < -0.39 is 43.3 Å². The maximum atomic E-state index is 13.5. The first-order chi connectivity index (χ1) is 13.7. The molecule has 1 aromatic heterocycles. The number of nitrogens with one attached hydrogen (secondary N) is 1. The van der Waals surface area contributed by atoms with Crippen molar-refractivity contribution in [2.24, 2.45) is 0 Å². The molecule has 0 unspecified atom stereocenters. The van der Waals surface area contributed by atoms with Crippen molar-refractivity contribution in [3.05, 3.63) is 57.8 Å². The van der Waals surface area contributed by atoms with E-state index in [-0.39, 0.29) is 0 Å². The number of likely N-dealkylation sites (tertiary alicyclic amines) is 1. The summed E-state index contributed by atoms with van der Waals surface area (Å²) in [5.41, 5.74) is 2.30. The molecule has 1 fully saturated rings. The minimum absolute atomic E-state index is 0.371. The number of benzene rings is 1. The van der Waals surface area contributed by atoms with Gasteiger partial charge in [-0.2, -0.15) is 5.26 Å². The lowest BCUT2D eigenvalue weighted by molar-refractivity contribution is -0.131. The van der Waals surface area contributed by atoms with Crippen molar-refractivity contribution in [1.29, 1.82) is 5.26 Å². The van der Waals surface area contributed by atoms with E-state index in [0.29, 0.717) is 12.1 Å². The van der Waals surface area contributed by atoms with E-state index >= 15 is 0 Å². The molecule has 29 heavy (non-hydrogen) atoms. The zero-order chi connectivity index (χ0) is 21.2. The van der Waals surface area contributed by atoms with Gasteiger partial charge in [-0.3, -0.25) is 9.59 Å². The Bertz CT molecular complexity index is 966. The van der Waals surface area contributed by atoms with Crippen LogP contribution in [0.5, 0.6) is 0 Å². The molecular formula is C20H19BrF2N4O2. The molecule has 6 nitrogen and oxygen atoms in total. The van der Waals surface area contributed by atoms with Gasteiger partial charge in [0.1, 0.15) is 6.04 Å². The molecule has 1 aliphatic heterocycles. The second kappa shape index (κ2) is 8.33. The van der Waals surface area contributed by atoms with Gasteiger partial charge in [-0.1, -0.05) is 28.1 Å². The van der Waals surface area contributed by atoms with Crippen LogP contribution >= 0.6 is 15.9 Å². The fourth-order valence-corrected chi connectivity index (χ4v) is 3.51. The molecular weight excluding hydrogens is 446 g/mol. The number of halogens is 3. The van der Waals surface area contributed by atoms with Gasteiger partial charge < -0.3 is 14.8 Å². The lowest BCUT2D eigenvalue weighted by atomic mass is 10.2. The monoisotopic (exact) mass is 464 g/mol. The summed E-state index contributed by atoms with van der Waals surface area (Å²) in [4.78, 5) is 25.4. The van der Waals surface area contributed by atoms with Crippen LogP contribution in [0.4, 0.5) is 8.78 Å². The van der Waals surface area contributed by atoms with Crippen LogP contribution in [-0.4, -0.2) is 46.3 Å². The Morgan fingerprint density at radius 3 is 2.69 bits per heavy atom. The van der Waals surface area contributed by atoms with E-state index in [1.54, 1.807) is 18.3 Å². The molecule has 3 rings (SSSR count). The van der Waals surface area contributed by atoms with E-state index in [0.717, 1.165) is 20.6 Å². The van der Waals surface area contributed by atoms with Crippen molar-refractivity contribution in [2.75, 3.05) is 13.1 Å². The van der Waals surface area contributed by atoms with Gasteiger partial charge in [0.15, 0.2) is 0 Å². The predicted octanol–water partition coefficient (Wildman–Crippen LogP) is 3.10. The highest BCUT2D eigenvalue weighted by Crippen LogP contribution is 2.31. The fraction of sp³-hybridized carbons (Fsp3) is 0.350. The first-order valence-corrected chi connectivity index (χ1v) is 9.74. The molecule has 1 saturated heterocycles. The van der Waals surface area contributed by atoms with Gasteiger partial charge in [-0.25, -0.2) is 8.78 Å². The summed E-state index contributed by atoms with van der Waals surface area (Å²) in [6.45, 7) is 1.20. The van der Waals surface area contributed by atoms with E-state index in [4.69, 9.17) is 5.26 Å². The van der Waals surface area contributed by atoms with Crippen LogP contribution in [0.2, 0.25) is 0 Å². The molecule has 152 valence electrons. The molecule has 0 spiro atoms. The highest BCUT2D eigenvalue weighted by atomic mass is 79.9. The zero-order valence-corrected chi connectivity index (χ0v) is 17.2. The Hall–Kier alpha value is -2.73. The molecule has 2 aromatic rings. The van der Waals surface area contributed by atoms with Gasteiger partial charge >= 0.3 is 0 Å². The van der Waals surface area contributed by atoms with Crippen LogP contribution in [0.1, 0.15) is 28.0 Å². The van der Waals surface area contributed by atoms with E-state index in [9.17, 15) is 18.4 Å². The highest BCUT2D eigenvalue weighted by Gasteiger charge is 2.47. The number of aromatic nitrogens is 1. The third-order valence-electron chi connectivity index (χ3n) is 4.78. The molecule has 0 bridgehead atoms. The van der Waals surface area contributed by atoms with Gasteiger partial charge in [0, 0.05) is 29.3 Å². The maximum Gasteiger partial charge on any atom is 0.268 e. The lowest BCUT2D eigenvalue weighted by Gasteiger charge is -2.19. The van der Waals surface area contributed by atoms with Crippen LogP contribution in [0.15, 0.2) is 41.0 Å². The predicted molar refractivity (Wildman–Crippen MR) is 105 cm³/mol. The van der Waals surface area contributed by atoms with E-state index in [1.165, 1.54) is 0 Å². The van der Waals surface area contributed by atoms with Gasteiger partial charge in [-0.15, -0.1) is 0 Å². The average Bonchev–Trinajstić information content (AvgIpc) is 3.20. The van der Waals surface area contributed by atoms with Crippen molar-refractivity contribution in [3.63, 3.8) is 0 Å². The molecule has 1 aromatic carbocycles. The summed E-state index contributed by atoms with van der Waals surface area (Å²) in [5, 5.41) is 11.4. The molecule has 1 N–H and O–H groups in total. The number of carbonyl (C=O) groups is 2. The standard InChI is InChI=1S/C20H19BrF2N4O2/c1-13-6-15(11-26(13)10-14-2-4-16(21)5-3-14)19(29)25-9-18(28)27-12-20(22,23)7-17(27)8-24/h2-6,11,17H,7,9-10,12H2,1H3,(H,25,29)/t17-/m0/s1. The van der Waals surface area contributed by atoms with E-state index in [1.807, 2.05) is 35.8 Å². The SMILES string of the molecule is Cc1cc(C(=O)NCC(=O)N2CC(F)(F)C[C@H]2C#N)cn1Cc1ccc(Br)cc1. The van der Waals surface area contributed by atoms with E-state index in [2.05, 4.69) is 21.2 Å². The third kappa shape index (κ3) is 5.01. The normalized spacial score (nSPS) is 17.8. The number of nitrogens with zero attached hydrogens (tertiary/aromatic N) is 3. The minimum atomic E-state index is -3.08. The Balaban J connectivity index is 1.60. The number of hydrogen-bond donors (Lipinski definition) is 1. The lowest BCUT2D eigenvalue weighted by Crippen LogP contribution is -2.42. The summed E-state index contributed by atoms with van der Waals surface area (Å²) in [7, 11) is 0.